The monoisotopic (exact) mass is 304 g/mol. The SMILES string of the molecule is O=C(O)C1CN(c2ccc(I)cn2)C1. The molecule has 1 saturated heterocycles. The van der Waals surface area contributed by atoms with E-state index in [0.717, 1.165) is 9.39 Å². The van der Waals surface area contributed by atoms with Crippen molar-refractivity contribution in [2.45, 2.75) is 0 Å². The Balaban J connectivity index is 2.00. The summed E-state index contributed by atoms with van der Waals surface area (Å²) in [5, 5.41) is 8.69. The largest absolute Gasteiger partial charge is 0.481 e. The highest BCUT2D eigenvalue weighted by Gasteiger charge is 2.33. The van der Waals surface area contributed by atoms with Gasteiger partial charge in [-0.15, -0.1) is 0 Å². The highest BCUT2D eigenvalue weighted by atomic mass is 127. The van der Waals surface area contributed by atoms with Gasteiger partial charge in [0.2, 0.25) is 0 Å². The minimum atomic E-state index is -0.716. The lowest BCUT2D eigenvalue weighted by molar-refractivity contribution is -0.142. The molecule has 0 radical (unpaired) electrons. The molecule has 0 aliphatic carbocycles. The second-order valence-electron chi connectivity index (χ2n) is 3.27. The first kappa shape index (κ1) is 9.70. The molecule has 0 bridgehead atoms. The summed E-state index contributed by atoms with van der Waals surface area (Å²) in [6.07, 6.45) is 1.78. The molecule has 1 fully saturated rings. The van der Waals surface area contributed by atoms with Crippen molar-refractivity contribution in [2.75, 3.05) is 18.0 Å². The topological polar surface area (TPSA) is 53.4 Å². The normalized spacial score (nSPS) is 16.5. The lowest BCUT2D eigenvalue weighted by atomic mass is 10.0. The van der Waals surface area contributed by atoms with Crippen LogP contribution in [0.1, 0.15) is 0 Å². The number of carbonyl (C=O) groups is 1. The standard InChI is InChI=1S/C9H9IN2O2/c10-7-1-2-8(11-3-7)12-4-6(5-12)9(13)14/h1-3,6H,4-5H2,(H,13,14). The van der Waals surface area contributed by atoms with Crippen LogP contribution in [0.4, 0.5) is 5.82 Å². The van der Waals surface area contributed by atoms with Crippen LogP contribution in [0.25, 0.3) is 0 Å². The Morgan fingerprint density at radius 3 is 2.79 bits per heavy atom. The second kappa shape index (κ2) is 3.72. The van der Waals surface area contributed by atoms with Crippen molar-refractivity contribution in [2.24, 2.45) is 5.92 Å². The van der Waals surface area contributed by atoms with E-state index in [1.54, 1.807) is 6.20 Å². The van der Waals surface area contributed by atoms with Crippen LogP contribution in [-0.4, -0.2) is 29.1 Å². The Kier molecular flexibility index (Phi) is 2.58. The van der Waals surface area contributed by atoms with E-state index < -0.39 is 5.97 Å². The molecule has 1 N–H and O–H groups in total. The molecule has 0 amide bonds. The lowest BCUT2D eigenvalue weighted by Gasteiger charge is -2.37. The number of nitrogens with zero attached hydrogens (tertiary/aromatic N) is 2. The smallest absolute Gasteiger partial charge is 0.310 e. The van der Waals surface area contributed by atoms with E-state index in [1.165, 1.54) is 0 Å². The molecule has 2 rings (SSSR count). The predicted octanol–water partition coefficient (Wildman–Crippen LogP) is 1.21. The molecule has 4 nitrogen and oxygen atoms in total. The first-order valence-corrected chi connectivity index (χ1v) is 5.34. The summed E-state index contributed by atoms with van der Waals surface area (Å²) in [7, 11) is 0. The summed E-state index contributed by atoms with van der Waals surface area (Å²) < 4.78 is 1.08. The molecule has 74 valence electrons. The third-order valence-corrected chi connectivity index (χ3v) is 2.90. The van der Waals surface area contributed by atoms with E-state index in [2.05, 4.69) is 27.6 Å². The van der Waals surface area contributed by atoms with Crippen LogP contribution in [0.15, 0.2) is 18.3 Å². The van der Waals surface area contributed by atoms with Crippen LogP contribution >= 0.6 is 22.6 Å². The zero-order valence-corrected chi connectivity index (χ0v) is 9.51. The number of hydrogen-bond acceptors (Lipinski definition) is 3. The van der Waals surface area contributed by atoms with Gasteiger partial charge >= 0.3 is 5.97 Å². The van der Waals surface area contributed by atoms with Crippen LogP contribution in [0, 0.1) is 9.49 Å². The van der Waals surface area contributed by atoms with Crippen molar-refractivity contribution >= 4 is 34.4 Å². The lowest BCUT2D eigenvalue weighted by Crippen LogP contribution is -2.50. The first-order valence-electron chi connectivity index (χ1n) is 4.26. The number of anilines is 1. The zero-order valence-electron chi connectivity index (χ0n) is 7.35. The van der Waals surface area contributed by atoms with Gasteiger partial charge in [-0.2, -0.15) is 0 Å². The number of carboxylic acid groups (broad SMARTS) is 1. The van der Waals surface area contributed by atoms with Crippen molar-refractivity contribution in [3.05, 3.63) is 21.9 Å². The van der Waals surface area contributed by atoms with Crippen molar-refractivity contribution < 1.29 is 9.90 Å². The molecule has 1 aromatic heterocycles. The zero-order chi connectivity index (χ0) is 10.1. The predicted molar refractivity (Wildman–Crippen MR) is 60.3 cm³/mol. The summed E-state index contributed by atoms with van der Waals surface area (Å²) in [6.45, 7) is 1.14. The minimum absolute atomic E-state index is 0.226. The summed E-state index contributed by atoms with van der Waals surface area (Å²) >= 11 is 2.19. The minimum Gasteiger partial charge on any atom is -0.481 e. The highest BCUT2D eigenvalue weighted by Crippen LogP contribution is 2.22. The molecule has 14 heavy (non-hydrogen) atoms. The molecule has 0 saturated carbocycles. The maximum Gasteiger partial charge on any atom is 0.310 e. The van der Waals surface area contributed by atoms with E-state index >= 15 is 0 Å². The van der Waals surface area contributed by atoms with E-state index in [4.69, 9.17) is 5.11 Å². The number of aromatic nitrogens is 1. The van der Waals surface area contributed by atoms with Crippen molar-refractivity contribution in [1.82, 2.24) is 4.98 Å². The van der Waals surface area contributed by atoms with Crippen molar-refractivity contribution in [1.29, 1.82) is 0 Å². The number of carboxylic acids is 1. The third-order valence-electron chi connectivity index (χ3n) is 2.27. The van der Waals surface area contributed by atoms with Gasteiger partial charge in [0.25, 0.3) is 0 Å². The molecular formula is C9H9IN2O2. The number of rotatable bonds is 2. The van der Waals surface area contributed by atoms with Gasteiger partial charge < -0.3 is 10.0 Å². The quantitative estimate of drug-likeness (QED) is 0.835. The Morgan fingerprint density at radius 1 is 1.57 bits per heavy atom. The Bertz CT molecular complexity index is 346. The average molecular weight is 304 g/mol. The maximum absolute atomic E-state index is 10.6. The summed E-state index contributed by atoms with van der Waals surface area (Å²) in [5.41, 5.74) is 0. The van der Waals surface area contributed by atoms with Gasteiger partial charge in [0.1, 0.15) is 5.82 Å². The van der Waals surface area contributed by atoms with Gasteiger partial charge in [0, 0.05) is 22.9 Å². The summed E-state index contributed by atoms with van der Waals surface area (Å²) in [5.74, 6) is -0.0780. The fraction of sp³-hybridized carbons (Fsp3) is 0.333. The molecule has 1 aromatic rings. The average Bonchev–Trinajstić information content (AvgIpc) is 2.05. The number of halogens is 1. The molecule has 0 spiro atoms. The Labute approximate surface area is 95.1 Å². The summed E-state index contributed by atoms with van der Waals surface area (Å²) in [6, 6.07) is 3.89. The van der Waals surface area contributed by atoms with Crippen molar-refractivity contribution in [3.63, 3.8) is 0 Å². The summed E-state index contributed by atoms with van der Waals surface area (Å²) in [4.78, 5) is 16.8. The van der Waals surface area contributed by atoms with E-state index in [9.17, 15) is 4.79 Å². The molecule has 5 heteroatoms. The Hall–Kier alpha value is -0.850. The van der Waals surface area contributed by atoms with E-state index in [0.29, 0.717) is 13.1 Å². The molecular weight excluding hydrogens is 295 g/mol. The fourth-order valence-corrected chi connectivity index (χ4v) is 1.70. The van der Waals surface area contributed by atoms with Gasteiger partial charge in [-0.1, -0.05) is 0 Å². The van der Waals surface area contributed by atoms with Crippen LogP contribution in [0.3, 0.4) is 0 Å². The van der Waals surface area contributed by atoms with E-state index in [-0.39, 0.29) is 5.92 Å². The maximum atomic E-state index is 10.6. The fourth-order valence-electron chi connectivity index (χ4n) is 1.38. The molecule has 2 heterocycles. The molecule has 1 aliphatic heterocycles. The highest BCUT2D eigenvalue weighted by molar-refractivity contribution is 14.1. The van der Waals surface area contributed by atoms with Crippen LogP contribution in [0.2, 0.25) is 0 Å². The molecule has 0 aromatic carbocycles. The third kappa shape index (κ3) is 1.82. The van der Waals surface area contributed by atoms with Crippen molar-refractivity contribution in [3.8, 4) is 0 Å². The van der Waals surface area contributed by atoms with Crippen LogP contribution in [0.5, 0.6) is 0 Å². The molecule has 0 unspecified atom stereocenters. The van der Waals surface area contributed by atoms with Gasteiger partial charge in [-0.25, -0.2) is 4.98 Å². The van der Waals surface area contributed by atoms with E-state index in [1.807, 2.05) is 17.0 Å². The van der Waals surface area contributed by atoms with Gasteiger partial charge in [-0.3, -0.25) is 4.79 Å². The number of aliphatic carboxylic acids is 1. The number of hydrogen-bond donors (Lipinski definition) is 1. The Morgan fingerprint density at radius 2 is 2.29 bits per heavy atom. The van der Waals surface area contributed by atoms with Gasteiger partial charge in [-0.05, 0) is 34.7 Å². The molecule has 0 atom stereocenters. The number of pyridine rings is 1. The van der Waals surface area contributed by atoms with Crippen LogP contribution < -0.4 is 4.90 Å². The van der Waals surface area contributed by atoms with Gasteiger partial charge in [0.05, 0.1) is 5.92 Å². The van der Waals surface area contributed by atoms with Crippen LogP contribution in [-0.2, 0) is 4.79 Å². The molecule has 1 aliphatic rings. The second-order valence-corrected chi connectivity index (χ2v) is 4.52. The van der Waals surface area contributed by atoms with Gasteiger partial charge in [0.15, 0.2) is 0 Å². The first-order chi connectivity index (χ1) is 6.66.